The summed E-state index contributed by atoms with van der Waals surface area (Å²) in [4.78, 5) is 15.3. The maximum atomic E-state index is 13.2. The fourth-order valence-corrected chi connectivity index (χ4v) is 5.49. The number of hydrogen-bond donors (Lipinski definition) is 0. The minimum absolute atomic E-state index is 0.0140. The SMILES string of the molecule is CC(C)N1C(=O)/C(=C/c2cn(-c3ccccc3)nc2-c2cccc(OCc3ccc(F)cc3)c2)SC1=S. The van der Waals surface area contributed by atoms with Gasteiger partial charge in [0.15, 0.2) is 0 Å². The lowest BCUT2D eigenvalue weighted by atomic mass is 10.1. The average molecular weight is 530 g/mol. The Bertz CT molecular complexity index is 1480. The van der Waals surface area contributed by atoms with Crippen molar-refractivity contribution < 1.29 is 13.9 Å². The van der Waals surface area contributed by atoms with E-state index in [2.05, 4.69) is 0 Å². The molecule has 0 N–H and O–H groups in total. The maximum absolute atomic E-state index is 13.2. The van der Waals surface area contributed by atoms with Gasteiger partial charge in [0.25, 0.3) is 5.91 Å². The Morgan fingerprint density at radius 3 is 2.51 bits per heavy atom. The lowest BCUT2D eigenvalue weighted by Crippen LogP contribution is -2.34. The zero-order valence-electron chi connectivity index (χ0n) is 20.3. The summed E-state index contributed by atoms with van der Waals surface area (Å²) in [5.74, 6) is 0.283. The molecule has 0 saturated carbocycles. The van der Waals surface area contributed by atoms with Crippen molar-refractivity contribution >= 4 is 40.3 Å². The van der Waals surface area contributed by atoms with Crippen LogP contribution in [0.3, 0.4) is 0 Å². The molecule has 0 bridgehead atoms. The molecule has 3 aromatic carbocycles. The lowest BCUT2D eigenvalue weighted by Gasteiger charge is -2.18. The molecule has 8 heteroatoms. The molecule has 5 rings (SSSR count). The molecule has 0 radical (unpaired) electrons. The zero-order chi connectivity index (χ0) is 25.9. The first-order valence-corrected chi connectivity index (χ1v) is 13.0. The Kier molecular flexibility index (Phi) is 7.21. The molecule has 1 aliphatic heterocycles. The van der Waals surface area contributed by atoms with E-state index in [0.29, 0.717) is 27.3 Å². The Balaban J connectivity index is 1.50. The number of carbonyl (C=O) groups excluding carboxylic acids is 1. The molecule has 4 aromatic rings. The van der Waals surface area contributed by atoms with Crippen LogP contribution in [0.15, 0.2) is 90.0 Å². The first-order chi connectivity index (χ1) is 17.9. The highest BCUT2D eigenvalue weighted by atomic mass is 32.2. The van der Waals surface area contributed by atoms with Crippen LogP contribution in [0.1, 0.15) is 25.0 Å². The van der Waals surface area contributed by atoms with E-state index >= 15 is 0 Å². The predicted molar refractivity (Wildman–Crippen MR) is 150 cm³/mol. The Labute approximate surface area is 224 Å². The van der Waals surface area contributed by atoms with Gasteiger partial charge in [0.1, 0.15) is 28.2 Å². The van der Waals surface area contributed by atoms with Gasteiger partial charge in [-0.25, -0.2) is 9.07 Å². The normalized spacial score (nSPS) is 14.7. The fourth-order valence-electron chi connectivity index (χ4n) is 3.98. The molecule has 1 fully saturated rings. The van der Waals surface area contributed by atoms with E-state index in [9.17, 15) is 9.18 Å². The van der Waals surface area contributed by atoms with Gasteiger partial charge in [-0.15, -0.1) is 0 Å². The molecular formula is C29H24FN3O2S2. The standard InChI is InChI=1S/C29H24FN3O2S2/c1-19(2)33-28(34)26(37-29(33)36)16-22-17-32(24-8-4-3-5-9-24)31-27(22)21-7-6-10-25(15-21)35-18-20-11-13-23(30)14-12-20/h3-17,19H,18H2,1-2H3/b26-16-. The van der Waals surface area contributed by atoms with Gasteiger partial charge in [-0.3, -0.25) is 9.69 Å². The predicted octanol–water partition coefficient (Wildman–Crippen LogP) is 6.87. The van der Waals surface area contributed by atoms with Crippen LogP contribution in [-0.4, -0.2) is 30.9 Å². The third-order valence-electron chi connectivity index (χ3n) is 5.82. The molecular weight excluding hydrogens is 505 g/mol. The van der Waals surface area contributed by atoms with Crippen LogP contribution in [0.5, 0.6) is 5.75 Å². The number of nitrogens with zero attached hydrogens (tertiary/aromatic N) is 3. The van der Waals surface area contributed by atoms with E-state index in [-0.39, 0.29) is 17.8 Å². The minimum Gasteiger partial charge on any atom is -0.489 e. The van der Waals surface area contributed by atoms with Gasteiger partial charge in [0, 0.05) is 23.4 Å². The fraction of sp³-hybridized carbons (Fsp3) is 0.138. The van der Waals surface area contributed by atoms with E-state index in [0.717, 1.165) is 22.4 Å². The van der Waals surface area contributed by atoms with Crippen molar-refractivity contribution in [1.29, 1.82) is 0 Å². The number of rotatable bonds is 7. The number of amides is 1. The molecule has 1 saturated heterocycles. The second kappa shape index (κ2) is 10.7. The summed E-state index contributed by atoms with van der Waals surface area (Å²) >= 11 is 6.76. The second-order valence-corrected chi connectivity index (χ2v) is 10.5. The molecule has 0 aliphatic carbocycles. The van der Waals surface area contributed by atoms with Crippen LogP contribution in [0, 0.1) is 5.82 Å². The molecule has 1 aromatic heterocycles. The Morgan fingerprint density at radius 1 is 1.05 bits per heavy atom. The van der Waals surface area contributed by atoms with Crippen molar-refractivity contribution in [2.24, 2.45) is 0 Å². The second-order valence-electron chi connectivity index (χ2n) is 8.80. The lowest BCUT2D eigenvalue weighted by molar-refractivity contribution is -0.123. The summed E-state index contributed by atoms with van der Waals surface area (Å²) in [5, 5.41) is 4.87. The van der Waals surface area contributed by atoms with Crippen molar-refractivity contribution in [3.05, 3.63) is 107 Å². The highest BCUT2D eigenvalue weighted by Gasteiger charge is 2.34. The first kappa shape index (κ1) is 24.9. The van der Waals surface area contributed by atoms with Crippen molar-refractivity contribution in [1.82, 2.24) is 14.7 Å². The quantitative estimate of drug-likeness (QED) is 0.193. The van der Waals surface area contributed by atoms with Crippen LogP contribution >= 0.6 is 24.0 Å². The van der Waals surface area contributed by atoms with E-state index in [1.807, 2.05) is 80.7 Å². The first-order valence-electron chi connectivity index (χ1n) is 11.8. The molecule has 0 unspecified atom stereocenters. The van der Waals surface area contributed by atoms with Crippen molar-refractivity contribution in [2.45, 2.75) is 26.5 Å². The molecule has 1 amide bonds. The summed E-state index contributed by atoms with van der Waals surface area (Å²) in [6, 6.07) is 23.7. The van der Waals surface area contributed by atoms with Crippen LogP contribution in [-0.2, 0) is 11.4 Å². The number of para-hydroxylation sites is 1. The molecule has 186 valence electrons. The van der Waals surface area contributed by atoms with Crippen LogP contribution in [0.2, 0.25) is 0 Å². The van der Waals surface area contributed by atoms with Crippen LogP contribution in [0.4, 0.5) is 4.39 Å². The summed E-state index contributed by atoms with van der Waals surface area (Å²) < 4.78 is 21.6. The van der Waals surface area contributed by atoms with E-state index in [1.54, 1.807) is 21.7 Å². The van der Waals surface area contributed by atoms with Gasteiger partial charge in [-0.1, -0.05) is 66.4 Å². The highest BCUT2D eigenvalue weighted by molar-refractivity contribution is 8.26. The van der Waals surface area contributed by atoms with Crippen LogP contribution in [0.25, 0.3) is 23.0 Å². The molecule has 37 heavy (non-hydrogen) atoms. The van der Waals surface area contributed by atoms with Crippen molar-refractivity contribution in [2.75, 3.05) is 0 Å². The molecule has 2 heterocycles. The number of halogens is 1. The smallest absolute Gasteiger partial charge is 0.266 e. The Hall–Kier alpha value is -3.75. The molecule has 1 aliphatic rings. The summed E-state index contributed by atoms with van der Waals surface area (Å²) in [5.41, 5.74) is 4.13. The van der Waals surface area contributed by atoms with Gasteiger partial charge in [0.2, 0.25) is 0 Å². The number of thioether (sulfide) groups is 1. The van der Waals surface area contributed by atoms with E-state index < -0.39 is 0 Å². The third kappa shape index (κ3) is 5.50. The van der Waals surface area contributed by atoms with Gasteiger partial charge in [0.05, 0.1) is 10.6 Å². The Morgan fingerprint density at radius 2 is 1.81 bits per heavy atom. The minimum atomic E-state index is -0.280. The number of thiocarbonyl (C=S) groups is 1. The summed E-state index contributed by atoms with van der Waals surface area (Å²) in [6.45, 7) is 4.21. The topological polar surface area (TPSA) is 47.4 Å². The number of carbonyl (C=O) groups is 1. The largest absolute Gasteiger partial charge is 0.489 e. The van der Waals surface area contributed by atoms with Gasteiger partial charge in [-0.05, 0) is 61.9 Å². The highest BCUT2D eigenvalue weighted by Crippen LogP contribution is 2.36. The van der Waals surface area contributed by atoms with Gasteiger partial charge >= 0.3 is 0 Å². The number of benzene rings is 3. The van der Waals surface area contributed by atoms with E-state index in [1.165, 1.54) is 23.9 Å². The molecule has 0 atom stereocenters. The molecule has 0 spiro atoms. The number of aromatic nitrogens is 2. The third-order valence-corrected chi connectivity index (χ3v) is 7.15. The van der Waals surface area contributed by atoms with Gasteiger partial charge in [-0.2, -0.15) is 5.10 Å². The van der Waals surface area contributed by atoms with E-state index in [4.69, 9.17) is 22.1 Å². The zero-order valence-corrected chi connectivity index (χ0v) is 21.9. The summed E-state index contributed by atoms with van der Waals surface area (Å²) in [7, 11) is 0. The summed E-state index contributed by atoms with van der Waals surface area (Å²) in [6.07, 6.45) is 3.77. The number of hydrogen-bond acceptors (Lipinski definition) is 5. The van der Waals surface area contributed by atoms with Crippen molar-refractivity contribution in [3.8, 4) is 22.7 Å². The van der Waals surface area contributed by atoms with Crippen molar-refractivity contribution in [3.63, 3.8) is 0 Å². The number of ether oxygens (including phenoxy) is 1. The maximum Gasteiger partial charge on any atom is 0.266 e. The average Bonchev–Trinajstić information content (AvgIpc) is 3.44. The van der Waals surface area contributed by atoms with Gasteiger partial charge < -0.3 is 4.74 Å². The molecule has 5 nitrogen and oxygen atoms in total. The monoisotopic (exact) mass is 529 g/mol. The van der Waals surface area contributed by atoms with Crippen LogP contribution < -0.4 is 4.74 Å².